The highest BCUT2D eigenvalue weighted by atomic mass is 16.4. The Balaban J connectivity index is 1.74. The molecule has 4 aliphatic rings. The van der Waals surface area contributed by atoms with E-state index in [2.05, 4.69) is 10.0 Å². The topological polar surface area (TPSA) is 106 Å². The van der Waals surface area contributed by atoms with E-state index in [4.69, 9.17) is 5.53 Å². The van der Waals surface area contributed by atoms with Gasteiger partial charge in [-0.25, -0.2) is 0 Å². The molecule has 25 heavy (non-hydrogen) atoms. The number of nitrogens with zero attached hydrogens (tertiary/aromatic N) is 3. The molecule has 6 atom stereocenters. The summed E-state index contributed by atoms with van der Waals surface area (Å²) in [4.78, 5) is 14.6. The Hall–Kier alpha value is -2.04. The Morgan fingerprint density at radius 1 is 1.32 bits per heavy atom. The molecule has 1 aromatic carbocycles. The zero-order valence-electron chi connectivity index (χ0n) is 14.1. The van der Waals surface area contributed by atoms with Crippen LogP contribution in [0.1, 0.15) is 50.0 Å². The lowest BCUT2D eigenvalue weighted by atomic mass is 9.44. The Morgan fingerprint density at radius 2 is 2.08 bits per heavy atom. The van der Waals surface area contributed by atoms with Crippen LogP contribution in [0, 0.1) is 17.8 Å². The summed E-state index contributed by atoms with van der Waals surface area (Å²) in [5, 5.41) is 25.1. The van der Waals surface area contributed by atoms with Crippen LogP contribution in [0.25, 0.3) is 10.4 Å². The maximum atomic E-state index is 11.5. The van der Waals surface area contributed by atoms with Gasteiger partial charge in [0.2, 0.25) is 0 Å². The largest absolute Gasteiger partial charge is 0.481 e. The molecule has 0 heterocycles. The van der Waals surface area contributed by atoms with E-state index in [0.29, 0.717) is 18.8 Å². The molecule has 6 heteroatoms. The fraction of sp³-hybridized carbons (Fsp3) is 0.632. The van der Waals surface area contributed by atoms with Crippen LogP contribution in [0.15, 0.2) is 35.4 Å². The van der Waals surface area contributed by atoms with Gasteiger partial charge in [0.1, 0.15) is 0 Å². The average molecular weight is 341 g/mol. The Labute approximate surface area is 146 Å². The van der Waals surface area contributed by atoms with E-state index in [1.54, 1.807) is 0 Å². The van der Waals surface area contributed by atoms with Crippen LogP contribution in [-0.4, -0.2) is 27.3 Å². The molecule has 4 saturated carbocycles. The molecule has 4 fully saturated rings. The summed E-state index contributed by atoms with van der Waals surface area (Å²) >= 11 is 0. The van der Waals surface area contributed by atoms with Crippen molar-refractivity contribution >= 4 is 5.97 Å². The minimum Gasteiger partial charge on any atom is -0.481 e. The number of aliphatic carboxylic acids is 1. The van der Waals surface area contributed by atoms with E-state index in [1.807, 2.05) is 30.3 Å². The Bertz CT molecular complexity index is 733. The molecule has 0 aromatic heterocycles. The molecule has 4 bridgehead atoms. The van der Waals surface area contributed by atoms with Gasteiger partial charge in [-0.3, -0.25) is 4.79 Å². The highest BCUT2D eigenvalue weighted by Gasteiger charge is 2.63. The first kappa shape index (κ1) is 16.4. The minimum absolute atomic E-state index is 0.0205. The lowest BCUT2D eigenvalue weighted by molar-refractivity contribution is -0.186. The second-order valence-corrected chi connectivity index (χ2v) is 8.31. The predicted octanol–water partition coefficient (Wildman–Crippen LogP) is 3.87. The smallest absolute Gasteiger partial charge is 0.303 e. The summed E-state index contributed by atoms with van der Waals surface area (Å²) in [6.07, 6.45) is 3.80. The van der Waals surface area contributed by atoms with Crippen LogP contribution in [0.2, 0.25) is 0 Å². The Kier molecular flexibility index (Phi) is 3.78. The normalized spacial score (nSPS) is 39.6. The molecule has 0 radical (unpaired) electrons. The molecule has 6 nitrogen and oxygen atoms in total. The van der Waals surface area contributed by atoms with Gasteiger partial charge in [-0.2, -0.15) is 0 Å². The predicted molar refractivity (Wildman–Crippen MR) is 91.8 cm³/mol. The third-order valence-corrected chi connectivity index (χ3v) is 6.67. The number of rotatable bonds is 5. The highest BCUT2D eigenvalue weighted by Crippen LogP contribution is 2.64. The molecule has 5 rings (SSSR count). The van der Waals surface area contributed by atoms with Gasteiger partial charge in [0, 0.05) is 10.8 Å². The molecule has 1 aromatic rings. The molecule has 0 amide bonds. The number of carboxylic acid groups (broad SMARTS) is 1. The molecular weight excluding hydrogens is 318 g/mol. The maximum Gasteiger partial charge on any atom is 0.303 e. The van der Waals surface area contributed by atoms with Gasteiger partial charge in [-0.05, 0) is 61.0 Å². The van der Waals surface area contributed by atoms with Crippen LogP contribution in [0.5, 0.6) is 0 Å². The molecule has 4 aliphatic carbocycles. The zero-order valence-corrected chi connectivity index (χ0v) is 14.1. The summed E-state index contributed by atoms with van der Waals surface area (Å²) in [5.41, 5.74) is 8.55. The number of carbonyl (C=O) groups is 1. The van der Waals surface area contributed by atoms with Gasteiger partial charge in [-0.15, -0.1) is 0 Å². The second kappa shape index (κ2) is 5.75. The first-order chi connectivity index (χ1) is 11.9. The van der Waals surface area contributed by atoms with Crippen molar-refractivity contribution in [2.45, 2.75) is 55.6 Å². The van der Waals surface area contributed by atoms with Crippen LogP contribution < -0.4 is 0 Å². The number of carboxylic acids is 1. The summed E-state index contributed by atoms with van der Waals surface area (Å²) in [6, 6.07) is 9.69. The van der Waals surface area contributed by atoms with Gasteiger partial charge in [0.25, 0.3) is 0 Å². The van der Waals surface area contributed by atoms with E-state index >= 15 is 0 Å². The fourth-order valence-electron chi connectivity index (χ4n) is 6.37. The molecule has 0 spiro atoms. The number of hydrogen-bond donors (Lipinski definition) is 2. The number of aliphatic hydroxyl groups is 1. The molecule has 132 valence electrons. The van der Waals surface area contributed by atoms with Gasteiger partial charge in [0.15, 0.2) is 0 Å². The van der Waals surface area contributed by atoms with E-state index in [-0.39, 0.29) is 24.2 Å². The number of azide groups is 1. The maximum absolute atomic E-state index is 11.5. The van der Waals surface area contributed by atoms with Gasteiger partial charge < -0.3 is 10.2 Å². The molecular formula is C19H23N3O3. The van der Waals surface area contributed by atoms with Gasteiger partial charge >= 0.3 is 5.97 Å². The van der Waals surface area contributed by atoms with E-state index in [1.165, 1.54) is 0 Å². The van der Waals surface area contributed by atoms with Crippen molar-refractivity contribution in [3.05, 3.63) is 46.3 Å². The third-order valence-electron chi connectivity index (χ3n) is 6.67. The van der Waals surface area contributed by atoms with Gasteiger partial charge in [-0.1, -0.05) is 35.4 Å². The fourth-order valence-corrected chi connectivity index (χ4v) is 6.37. The molecule has 0 unspecified atom stereocenters. The van der Waals surface area contributed by atoms with Crippen LogP contribution in [0.3, 0.4) is 0 Å². The monoisotopic (exact) mass is 341 g/mol. The SMILES string of the molecule is [N-]=[N+]=N[C@]12C[C@@H]3C[C@H](C1)[C@@H]([C@@H](CC(=O)O)c1ccccc1)[C@@](O)(C3)C2. The van der Waals surface area contributed by atoms with Crippen molar-refractivity contribution in [1.29, 1.82) is 0 Å². The first-order valence-corrected chi connectivity index (χ1v) is 9.00. The minimum atomic E-state index is -0.936. The highest BCUT2D eigenvalue weighted by molar-refractivity contribution is 5.68. The van der Waals surface area contributed by atoms with Gasteiger partial charge in [0.05, 0.1) is 17.6 Å². The average Bonchev–Trinajstić information content (AvgIpc) is 2.52. The van der Waals surface area contributed by atoms with Crippen LogP contribution in [0.4, 0.5) is 0 Å². The third kappa shape index (κ3) is 2.70. The molecule has 0 saturated heterocycles. The second-order valence-electron chi connectivity index (χ2n) is 8.31. The lowest BCUT2D eigenvalue weighted by Gasteiger charge is -2.64. The number of benzene rings is 1. The van der Waals surface area contributed by atoms with E-state index < -0.39 is 17.1 Å². The zero-order chi connectivity index (χ0) is 17.7. The van der Waals surface area contributed by atoms with Crippen molar-refractivity contribution in [3.63, 3.8) is 0 Å². The van der Waals surface area contributed by atoms with Crippen molar-refractivity contribution in [3.8, 4) is 0 Å². The summed E-state index contributed by atoms with van der Waals surface area (Å²) in [5.74, 6) is -0.556. The van der Waals surface area contributed by atoms with Crippen molar-refractivity contribution in [1.82, 2.24) is 0 Å². The van der Waals surface area contributed by atoms with Crippen molar-refractivity contribution in [2.75, 3.05) is 0 Å². The summed E-state index contributed by atoms with van der Waals surface area (Å²) in [6.45, 7) is 0. The van der Waals surface area contributed by atoms with Crippen LogP contribution >= 0.6 is 0 Å². The number of hydrogen-bond acceptors (Lipinski definition) is 3. The summed E-state index contributed by atoms with van der Waals surface area (Å²) in [7, 11) is 0. The molecule has 2 N–H and O–H groups in total. The van der Waals surface area contributed by atoms with Crippen molar-refractivity contribution in [2.24, 2.45) is 22.9 Å². The van der Waals surface area contributed by atoms with Crippen LogP contribution in [-0.2, 0) is 4.79 Å². The van der Waals surface area contributed by atoms with Crippen molar-refractivity contribution < 1.29 is 15.0 Å². The standard InChI is InChI=1S/C19H23N3O3/c20-22-21-18-8-12-6-14(10-18)17(19(25,9-12)11-18)15(7-16(23)24)13-4-2-1-3-5-13/h1-5,12,14-15,17,25H,6-11H2,(H,23,24)/t12-,14+,15-,17-,18+,19+/m0/s1. The van der Waals surface area contributed by atoms with E-state index in [0.717, 1.165) is 24.8 Å². The summed E-state index contributed by atoms with van der Waals surface area (Å²) < 4.78 is 0. The van der Waals surface area contributed by atoms with E-state index in [9.17, 15) is 15.0 Å². The quantitative estimate of drug-likeness (QED) is 0.482. The first-order valence-electron chi connectivity index (χ1n) is 9.00. The Morgan fingerprint density at radius 3 is 2.72 bits per heavy atom. The molecule has 0 aliphatic heterocycles. The lowest BCUT2D eigenvalue weighted by Crippen LogP contribution is -2.64.